The van der Waals surface area contributed by atoms with E-state index in [9.17, 15) is 26.3 Å². The van der Waals surface area contributed by atoms with Gasteiger partial charge in [0.05, 0.1) is 12.8 Å². The average molecular weight is 460 g/mol. The molecule has 3 rings (SSSR count). The summed E-state index contributed by atoms with van der Waals surface area (Å²) in [6.07, 6.45) is -3.79. The molecule has 13 heteroatoms. The number of aliphatic carboxylic acids is 2. The minimum Gasteiger partial charge on any atom is -0.475 e. The van der Waals surface area contributed by atoms with Crippen molar-refractivity contribution >= 4 is 11.9 Å². The maximum Gasteiger partial charge on any atom is 0.490 e. The van der Waals surface area contributed by atoms with Crippen LogP contribution in [0.2, 0.25) is 0 Å². The molecule has 0 unspecified atom stereocenters. The number of carbonyl (C=O) groups is 2. The van der Waals surface area contributed by atoms with Crippen molar-refractivity contribution in [3.63, 3.8) is 0 Å². The zero-order valence-corrected chi connectivity index (χ0v) is 16.2. The largest absolute Gasteiger partial charge is 0.490 e. The Kier molecular flexibility index (Phi) is 9.56. The molecular weight excluding hydrogens is 438 g/mol. The van der Waals surface area contributed by atoms with E-state index in [1.165, 1.54) is 25.9 Å². The van der Waals surface area contributed by atoms with Crippen molar-refractivity contribution in [2.75, 3.05) is 19.6 Å². The van der Waals surface area contributed by atoms with Gasteiger partial charge in [-0.2, -0.15) is 26.3 Å². The van der Waals surface area contributed by atoms with Crippen molar-refractivity contribution in [3.8, 4) is 0 Å². The molecule has 2 fully saturated rings. The van der Waals surface area contributed by atoms with Gasteiger partial charge in [0.25, 0.3) is 0 Å². The molecule has 2 atom stereocenters. The van der Waals surface area contributed by atoms with E-state index in [2.05, 4.69) is 22.4 Å². The first-order valence-electron chi connectivity index (χ1n) is 8.99. The number of carboxylic acid groups (broad SMARTS) is 2. The Balaban J connectivity index is 0.000000288. The number of alkyl halides is 6. The van der Waals surface area contributed by atoms with Crippen LogP contribution in [0.1, 0.15) is 18.6 Å². The maximum atomic E-state index is 10.6. The number of rotatable bonds is 4. The van der Waals surface area contributed by atoms with Crippen molar-refractivity contribution in [1.82, 2.24) is 9.80 Å². The predicted octanol–water partition coefficient (Wildman–Crippen LogP) is 3.38. The van der Waals surface area contributed by atoms with Crippen molar-refractivity contribution in [1.29, 1.82) is 0 Å². The average Bonchev–Trinajstić information content (AvgIpc) is 3.36. The molecule has 0 aliphatic carbocycles. The summed E-state index contributed by atoms with van der Waals surface area (Å²) in [5.41, 5.74) is 0. The molecule has 0 spiro atoms. The fourth-order valence-corrected chi connectivity index (χ4v) is 3.36. The number of likely N-dealkylation sites (tertiary alicyclic amines) is 2. The summed E-state index contributed by atoms with van der Waals surface area (Å²) >= 11 is 0. The van der Waals surface area contributed by atoms with Crippen LogP contribution in [0.5, 0.6) is 0 Å². The van der Waals surface area contributed by atoms with E-state index < -0.39 is 24.3 Å². The van der Waals surface area contributed by atoms with Crippen LogP contribution in [0.3, 0.4) is 0 Å². The Hall–Kier alpha value is -2.54. The summed E-state index contributed by atoms with van der Waals surface area (Å²) in [5.74, 6) is -4.42. The first kappa shape index (κ1) is 26.5. The van der Waals surface area contributed by atoms with Gasteiger partial charge in [-0.25, -0.2) is 9.59 Å². The molecule has 2 aliphatic rings. The van der Waals surface area contributed by atoms with E-state index in [1.54, 1.807) is 6.26 Å². The van der Waals surface area contributed by atoms with Gasteiger partial charge in [-0.1, -0.05) is 6.08 Å². The summed E-state index contributed by atoms with van der Waals surface area (Å²) < 4.78 is 68.9. The normalized spacial score (nSPS) is 21.4. The Labute approximate surface area is 173 Å². The molecule has 176 valence electrons. The Morgan fingerprint density at radius 1 is 1.03 bits per heavy atom. The number of carboxylic acids is 2. The van der Waals surface area contributed by atoms with E-state index in [4.69, 9.17) is 24.2 Å². The molecule has 2 N–H and O–H groups in total. The molecule has 0 radical (unpaired) electrons. The van der Waals surface area contributed by atoms with Crippen LogP contribution in [0.4, 0.5) is 26.3 Å². The van der Waals surface area contributed by atoms with Crippen molar-refractivity contribution in [2.24, 2.45) is 0 Å². The van der Waals surface area contributed by atoms with Gasteiger partial charge in [0.15, 0.2) is 0 Å². The molecular formula is C18H22F6N2O5. The SMILES string of the molecule is C=CCN1CC[C@@H]2[C@@H]1CCN2Cc1ccco1.O=C(O)C(F)(F)F.O=C(O)C(F)(F)F. The summed E-state index contributed by atoms with van der Waals surface area (Å²) in [5, 5.41) is 14.2. The second-order valence-corrected chi connectivity index (χ2v) is 6.65. The molecule has 0 bridgehead atoms. The van der Waals surface area contributed by atoms with Gasteiger partial charge in [0.2, 0.25) is 0 Å². The van der Waals surface area contributed by atoms with Crippen LogP contribution < -0.4 is 0 Å². The zero-order valence-electron chi connectivity index (χ0n) is 16.2. The number of hydrogen-bond donors (Lipinski definition) is 2. The van der Waals surface area contributed by atoms with Crippen molar-refractivity contribution in [3.05, 3.63) is 36.8 Å². The molecule has 2 aliphatic heterocycles. The van der Waals surface area contributed by atoms with Crippen molar-refractivity contribution in [2.45, 2.75) is 43.8 Å². The van der Waals surface area contributed by atoms with Gasteiger partial charge in [-0.3, -0.25) is 9.80 Å². The van der Waals surface area contributed by atoms with E-state index in [0.717, 1.165) is 30.9 Å². The first-order valence-corrected chi connectivity index (χ1v) is 8.99. The molecule has 3 heterocycles. The lowest BCUT2D eigenvalue weighted by Crippen LogP contribution is -2.36. The first-order chi connectivity index (χ1) is 14.3. The van der Waals surface area contributed by atoms with Crippen molar-refractivity contribution < 1.29 is 50.6 Å². The lowest BCUT2D eigenvalue weighted by Gasteiger charge is -2.24. The molecule has 31 heavy (non-hydrogen) atoms. The van der Waals surface area contributed by atoms with E-state index in [0.29, 0.717) is 0 Å². The van der Waals surface area contributed by atoms with Gasteiger partial charge >= 0.3 is 24.3 Å². The highest BCUT2D eigenvalue weighted by atomic mass is 19.4. The minimum absolute atomic E-state index is 0.722. The summed E-state index contributed by atoms with van der Waals surface area (Å²) in [7, 11) is 0. The quantitative estimate of drug-likeness (QED) is 0.526. The third-order valence-electron chi connectivity index (χ3n) is 4.59. The fraction of sp³-hybridized carbons (Fsp3) is 0.556. The van der Waals surface area contributed by atoms with Crippen LogP contribution in [0.15, 0.2) is 35.5 Å². The molecule has 2 saturated heterocycles. The predicted molar refractivity (Wildman–Crippen MR) is 95.1 cm³/mol. The molecule has 1 aromatic rings. The highest BCUT2D eigenvalue weighted by Gasteiger charge is 2.42. The summed E-state index contributed by atoms with van der Waals surface area (Å²) in [6, 6.07) is 5.51. The zero-order chi connectivity index (χ0) is 23.8. The van der Waals surface area contributed by atoms with Crippen LogP contribution in [0, 0.1) is 0 Å². The minimum atomic E-state index is -5.08. The van der Waals surface area contributed by atoms with Crippen LogP contribution in [-0.2, 0) is 16.1 Å². The van der Waals surface area contributed by atoms with Gasteiger partial charge in [-0.15, -0.1) is 6.58 Å². The van der Waals surface area contributed by atoms with Crippen LogP contribution in [0.25, 0.3) is 0 Å². The summed E-state index contributed by atoms with van der Waals surface area (Å²) in [4.78, 5) is 22.9. The van der Waals surface area contributed by atoms with E-state index >= 15 is 0 Å². The monoisotopic (exact) mass is 460 g/mol. The van der Waals surface area contributed by atoms with Gasteiger partial charge in [-0.05, 0) is 25.0 Å². The lowest BCUT2D eigenvalue weighted by molar-refractivity contribution is -0.193. The third-order valence-corrected chi connectivity index (χ3v) is 4.59. The second-order valence-electron chi connectivity index (χ2n) is 6.65. The fourth-order valence-electron chi connectivity index (χ4n) is 3.36. The topological polar surface area (TPSA) is 94.2 Å². The highest BCUT2D eigenvalue weighted by Crippen LogP contribution is 2.32. The molecule has 0 aromatic carbocycles. The molecule has 1 aromatic heterocycles. The molecule has 0 amide bonds. The standard InChI is InChI=1S/C14H20N2O.2C2HF3O2/c1-2-7-15-8-5-14-13(15)6-9-16(14)11-12-4-3-10-17-12;2*3-2(4,5)1(6)7/h2-4,10,13-14H,1,5-9,11H2;2*(H,6,7)/t13-,14+;;/m0../s1. The molecule has 7 nitrogen and oxygen atoms in total. The van der Waals surface area contributed by atoms with E-state index in [1.807, 2.05) is 12.1 Å². The maximum absolute atomic E-state index is 10.6. The summed E-state index contributed by atoms with van der Waals surface area (Å²) in [6.45, 7) is 8.27. The van der Waals surface area contributed by atoms with Gasteiger partial charge in [0, 0.05) is 31.7 Å². The second kappa shape index (κ2) is 11.2. The smallest absolute Gasteiger partial charge is 0.475 e. The van der Waals surface area contributed by atoms with Gasteiger partial charge < -0.3 is 14.6 Å². The number of furan rings is 1. The lowest BCUT2D eigenvalue weighted by atomic mass is 10.1. The number of fused-ring (bicyclic) bond motifs is 1. The number of hydrogen-bond acceptors (Lipinski definition) is 5. The van der Waals surface area contributed by atoms with E-state index in [-0.39, 0.29) is 0 Å². The third kappa shape index (κ3) is 8.61. The Morgan fingerprint density at radius 3 is 1.87 bits per heavy atom. The van der Waals surface area contributed by atoms with Gasteiger partial charge in [0.1, 0.15) is 5.76 Å². The van der Waals surface area contributed by atoms with Crippen LogP contribution in [-0.4, -0.2) is 76.0 Å². The number of halogens is 6. The highest BCUT2D eigenvalue weighted by molar-refractivity contribution is 5.73. The Bertz CT molecular complexity index is 696. The Morgan fingerprint density at radius 2 is 1.48 bits per heavy atom. The van der Waals surface area contributed by atoms with Crippen LogP contribution >= 0.6 is 0 Å². The molecule has 0 saturated carbocycles. The number of nitrogens with zero attached hydrogens (tertiary/aromatic N) is 2.